The van der Waals surface area contributed by atoms with Crippen molar-refractivity contribution in [2.45, 2.75) is 17.7 Å². The fraction of sp³-hybridized carbons (Fsp3) is 0.200. The molecule has 1 aliphatic rings. The second kappa shape index (κ2) is 7.25. The predicted octanol–water partition coefficient (Wildman–Crippen LogP) is 2.27. The quantitative estimate of drug-likeness (QED) is 0.366. The number of ether oxygens (including phenoxy) is 1. The number of para-hydroxylation sites is 1. The van der Waals surface area contributed by atoms with Gasteiger partial charge < -0.3 is 16.2 Å². The van der Waals surface area contributed by atoms with Gasteiger partial charge in [-0.05, 0) is 43.2 Å². The first-order valence-electron chi connectivity index (χ1n) is 9.08. The minimum absolute atomic E-state index is 0.141. The lowest BCUT2D eigenvalue weighted by atomic mass is 10.1. The highest BCUT2D eigenvalue weighted by atomic mass is 32.2. The van der Waals surface area contributed by atoms with Gasteiger partial charge in [0.1, 0.15) is 5.75 Å². The molecule has 2 aromatic carbocycles. The zero-order valence-corrected chi connectivity index (χ0v) is 16.6. The molecule has 150 valence electrons. The summed E-state index contributed by atoms with van der Waals surface area (Å²) in [5, 5.41) is 8.81. The molecule has 9 heteroatoms. The Hall–Kier alpha value is -3.33. The number of nitrogens with zero attached hydrogens (tertiary/aromatic N) is 3. The molecule has 1 aromatic heterocycles. The van der Waals surface area contributed by atoms with Crippen molar-refractivity contribution < 1.29 is 13.2 Å². The molecule has 0 spiro atoms. The maximum Gasteiger partial charge on any atom is 0.268 e. The number of guanidine groups is 1. The lowest BCUT2D eigenvalue weighted by Gasteiger charge is -2.08. The van der Waals surface area contributed by atoms with Crippen LogP contribution < -0.4 is 16.2 Å². The molecule has 0 bridgehead atoms. The minimum atomic E-state index is -3.82. The van der Waals surface area contributed by atoms with Crippen LogP contribution in [0.15, 0.2) is 69.8 Å². The summed E-state index contributed by atoms with van der Waals surface area (Å²) in [5.74, 6) is 0.654. The lowest BCUT2D eigenvalue weighted by Crippen LogP contribution is -2.22. The molecule has 1 heterocycles. The summed E-state index contributed by atoms with van der Waals surface area (Å²) >= 11 is 0. The zero-order valence-electron chi connectivity index (χ0n) is 15.8. The van der Waals surface area contributed by atoms with E-state index >= 15 is 0 Å². The molecule has 4 rings (SSSR count). The number of hydrogen-bond donors (Lipinski definition) is 2. The molecule has 3 aromatic rings. The number of nitrogens with two attached hydrogens (primary N) is 2. The summed E-state index contributed by atoms with van der Waals surface area (Å²) < 4.78 is 33.1. The summed E-state index contributed by atoms with van der Waals surface area (Å²) in [6.45, 7) is 0. The van der Waals surface area contributed by atoms with Crippen LogP contribution in [-0.2, 0) is 10.0 Å². The highest BCUT2D eigenvalue weighted by Gasteiger charge is 2.32. The van der Waals surface area contributed by atoms with E-state index in [1.807, 2.05) is 12.1 Å². The molecule has 0 saturated heterocycles. The van der Waals surface area contributed by atoms with Gasteiger partial charge in [0.05, 0.1) is 23.2 Å². The van der Waals surface area contributed by atoms with Gasteiger partial charge in [-0.3, -0.25) is 0 Å². The van der Waals surface area contributed by atoms with Crippen LogP contribution in [0.5, 0.6) is 5.75 Å². The molecular weight excluding hydrogens is 390 g/mol. The van der Waals surface area contributed by atoms with Crippen LogP contribution >= 0.6 is 0 Å². The van der Waals surface area contributed by atoms with E-state index in [2.05, 4.69) is 10.2 Å². The van der Waals surface area contributed by atoms with E-state index in [0.717, 1.165) is 18.2 Å². The van der Waals surface area contributed by atoms with Crippen LogP contribution in [0.25, 0.3) is 10.9 Å². The van der Waals surface area contributed by atoms with Gasteiger partial charge in [0.15, 0.2) is 0 Å². The Kier molecular flexibility index (Phi) is 4.75. The van der Waals surface area contributed by atoms with Crippen LogP contribution in [-0.4, -0.2) is 31.2 Å². The number of hydrogen-bond acceptors (Lipinski definition) is 5. The topological polar surface area (TPSA) is 125 Å². The van der Waals surface area contributed by atoms with Gasteiger partial charge >= 0.3 is 0 Å². The second-order valence-corrected chi connectivity index (χ2v) is 8.64. The lowest BCUT2D eigenvalue weighted by molar-refractivity contribution is 0.414. The van der Waals surface area contributed by atoms with Crippen molar-refractivity contribution in [3.05, 3.63) is 60.3 Å². The van der Waals surface area contributed by atoms with E-state index in [1.165, 1.54) is 23.2 Å². The van der Waals surface area contributed by atoms with Gasteiger partial charge in [-0.2, -0.15) is 5.10 Å². The molecule has 0 aliphatic heterocycles. The molecule has 29 heavy (non-hydrogen) atoms. The molecule has 1 aliphatic carbocycles. The van der Waals surface area contributed by atoms with Gasteiger partial charge in [0.2, 0.25) is 5.96 Å². The molecule has 0 amide bonds. The smallest absolute Gasteiger partial charge is 0.268 e. The van der Waals surface area contributed by atoms with E-state index < -0.39 is 10.0 Å². The maximum absolute atomic E-state index is 13.3. The average molecular weight is 411 g/mol. The summed E-state index contributed by atoms with van der Waals surface area (Å²) in [6.07, 6.45) is 3.52. The normalized spacial score (nSPS) is 14.7. The van der Waals surface area contributed by atoms with Gasteiger partial charge in [0.25, 0.3) is 10.0 Å². The summed E-state index contributed by atoms with van der Waals surface area (Å²) in [4.78, 5) is 0.166. The number of aromatic nitrogens is 1. The first kappa shape index (κ1) is 19.0. The highest BCUT2D eigenvalue weighted by Crippen LogP contribution is 2.37. The third-order valence-electron chi connectivity index (χ3n) is 4.81. The van der Waals surface area contributed by atoms with E-state index in [9.17, 15) is 8.42 Å². The van der Waals surface area contributed by atoms with Crippen molar-refractivity contribution in [1.29, 1.82) is 0 Å². The fourth-order valence-corrected chi connectivity index (χ4v) is 4.61. The van der Waals surface area contributed by atoms with E-state index in [-0.39, 0.29) is 16.8 Å². The van der Waals surface area contributed by atoms with Crippen LogP contribution in [0.3, 0.4) is 0 Å². The molecular formula is C20H21N5O3S. The zero-order chi connectivity index (χ0) is 20.6. The van der Waals surface area contributed by atoms with Crippen molar-refractivity contribution in [1.82, 2.24) is 3.97 Å². The highest BCUT2D eigenvalue weighted by molar-refractivity contribution is 7.90. The Morgan fingerprint density at radius 2 is 1.76 bits per heavy atom. The molecule has 4 N–H and O–H groups in total. The van der Waals surface area contributed by atoms with E-state index in [4.69, 9.17) is 16.2 Å². The van der Waals surface area contributed by atoms with Crippen molar-refractivity contribution in [3.63, 3.8) is 0 Å². The number of fused-ring (bicyclic) bond motifs is 1. The summed E-state index contributed by atoms with van der Waals surface area (Å²) in [7, 11) is -2.29. The van der Waals surface area contributed by atoms with Crippen LogP contribution in [0.1, 0.15) is 18.4 Å². The first-order valence-corrected chi connectivity index (χ1v) is 10.5. The van der Waals surface area contributed by atoms with Crippen molar-refractivity contribution >= 4 is 32.6 Å². The summed E-state index contributed by atoms with van der Waals surface area (Å²) in [6, 6.07) is 13.6. The molecule has 1 saturated carbocycles. The maximum atomic E-state index is 13.3. The van der Waals surface area contributed by atoms with Gasteiger partial charge in [0, 0.05) is 23.1 Å². The van der Waals surface area contributed by atoms with E-state index in [0.29, 0.717) is 22.5 Å². The van der Waals surface area contributed by atoms with Crippen LogP contribution in [0, 0.1) is 5.92 Å². The minimum Gasteiger partial charge on any atom is -0.497 e. The Morgan fingerprint density at radius 1 is 1.07 bits per heavy atom. The van der Waals surface area contributed by atoms with Crippen molar-refractivity contribution in [2.24, 2.45) is 27.6 Å². The number of benzene rings is 2. The number of methoxy groups -OCH3 is 1. The third-order valence-corrected chi connectivity index (χ3v) is 6.50. The third kappa shape index (κ3) is 3.56. The van der Waals surface area contributed by atoms with Crippen molar-refractivity contribution in [2.75, 3.05) is 7.11 Å². The predicted molar refractivity (Wildman–Crippen MR) is 113 cm³/mol. The summed E-state index contributed by atoms with van der Waals surface area (Å²) in [5.41, 5.74) is 12.8. The van der Waals surface area contributed by atoms with Gasteiger partial charge in [-0.1, -0.05) is 18.2 Å². The standard InChI is InChI=1S/C20H21N5O3S/c1-28-14-8-10-15(11-9-14)29(26,27)25-12-17(16-4-2-3-5-18(16)25)19(13-6-7-13)23-24-20(21)22/h2-5,8-13H,6-7H2,1H3,(H4,21,22,24)/b23-19+. The SMILES string of the molecule is COc1ccc(S(=O)(=O)n2cc(/C(=N/N=C(N)N)C3CC3)c3ccccc32)cc1. The first-order chi connectivity index (χ1) is 13.9. The Balaban J connectivity index is 1.90. The molecule has 0 unspecified atom stereocenters. The molecule has 8 nitrogen and oxygen atoms in total. The largest absolute Gasteiger partial charge is 0.497 e. The second-order valence-electron chi connectivity index (χ2n) is 6.82. The average Bonchev–Trinajstić information content (AvgIpc) is 3.48. The number of rotatable bonds is 6. The Morgan fingerprint density at radius 3 is 2.38 bits per heavy atom. The molecule has 0 radical (unpaired) electrons. The molecule has 1 fully saturated rings. The van der Waals surface area contributed by atoms with Crippen LogP contribution in [0.2, 0.25) is 0 Å². The van der Waals surface area contributed by atoms with E-state index in [1.54, 1.807) is 30.5 Å². The van der Waals surface area contributed by atoms with Gasteiger partial charge in [-0.25, -0.2) is 12.4 Å². The molecule has 0 atom stereocenters. The fourth-order valence-electron chi connectivity index (χ4n) is 3.24. The monoisotopic (exact) mass is 411 g/mol. The Labute approximate surface area is 168 Å². The van der Waals surface area contributed by atoms with Crippen molar-refractivity contribution in [3.8, 4) is 5.75 Å². The Bertz CT molecular complexity index is 1220. The van der Waals surface area contributed by atoms with Gasteiger partial charge in [-0.15, -0.1) is 5.10 Å². The van der Waals surface area contributed by atoms with Crippen LogP contribution in [0.4, 0.5) is 0 Å².